The van der Waals surface area contributed by atoms with Gasteiger partial charge in [-0.2, -0.15) is 0 Å². The predicted molar refractivity (Wildman–Crippen MR) is 65.1 cm³/mol. The molecule has 0 aliphatic carbocycles. The number of nitrogens with zero attached hydrogens (tertiary/aromatic N) is 1. The highest BCUT2D eigenvalue weighted by molar-refractivity contribution is 5.48. The summed E-state index contributed by atoms with van der Waals surface area (Å²) in [6.07, 6.45) is 3.31. The summed E-state index contributed by atoms with van der Waals surface area (Å²) in [5, 5.41) is 0. The van der Waals surface area contributed by atoms with Crippen LogP contribution in [0, 0.1) is 5.82 Å². The van der Waals surface area contributed by atoms with Gasteiger partial charge in [0, 0.05) is 31.4 Å². The molecule has 4 heteroatoms. The second-order valence-electron chi connectivity index (χ2n) is 4.01. The monoisotopic (exact) mass is 234 g/mol. The van der Waals surface area contributed by atoms with Gasteiger partial charge in [0.05, 0.1) is 12.5 Å². The van der Waals surface area contributed by atoms with Crippen molar-refractivity contribution in [3.8, 4) is 0 Å². The molecule has 0 saturated carbocycles. The van der Waals surface area contributed by atoms with Gasteiger partial charge in [0.25, 0.3) is 0 Å². The summed E-state index contributed by atoms with van der Waals surface area (Å²) < 4.78 is 18.4. The van der Waals surface area contributed by atoms with Crippen molar-refractivity contribution in [2.24, 2.45) is 5.73 Å². The normalized spacial score (nSPS) is 10.5. The van der Waals surface area contributed by atoms with E-state index in [1.165, 1.54) is 12.1 Å². The number of halogens is 1. The van der Waals surface area contributed by atoms with Gasteiger partial charge < -0.3 is 15.1 Å². The van der Waals surface area contributed by atoms with E-state index in [2.05, 4.69) is 0 Å². The summed E-state index contributed by atoms with van der Waals surface area (Å²) in [4.78, 5) is 1.95. The minimum absolute atomic E-state index is 0.262. The van der Waals surface area contributed by atoms with E-state index >= 15 is 0 Å². The zero-order chi connectivity index (χ0) is 12.3. The summed E-state index contributed by atoms with van der Waals surface area (Å²) in [6, 6.07) is 6.73. The number of nitrogens with two attached hydrogens (primary N) is 1. The van der Waals surface area contributed by atoms with Crippen LogP contribution in [-0.2, 0) is 13.1 Å². The van der Waals surface area contributed by atoms with Gasteiger partial charge >= 0.3 is 0 Å². The molecular weight excluding hydrogens is 219 g/mol. The van der Waals surface area contributed by atoms with E-state index in [0.717, 1.165) is 16.8 Å². The number of benzene rings is 1. The van der Waals surface area contributed by atoms with Crippen LogP contribution in [0.15, 0.2) is 41.2 Å². The van der Waals surface area contributed by atoms with Gasteiger partial charge in [-0.05, 0) is 29.8 Å². The van der Waals surface area contributed by atoms with Crippen molar-refractivity contribution in [2.75, 3.05) is 11.9 Å². The Morgan fingerprint density at radius 3 is 2.76 bits per heavy atom. The molecule has 2 N–H and O–H groups in total. The number of furan rings is 1. The SMILES string of the molecule is CN(Cc1ccoc1)c1cc(F)cc(CN)c1. The van der Waals surface area contributed by atoms with E-state index < -0.39 is 0 Å². The Balaban J connectivity index is 2.18. The molecule has 2 rings (SSSR count). The fraction of sp³-hybridized carbons (Fsp3) is 0.231. The Labute approximate surface area is 99.6 Å². The Kier molecular flexibility index (Phi) is 3.44. The topological polar surface area (TPSA) is 42.4 Å². The van der Waals surface area contributed by atoms with Crippen molar-refractivity contribution in [1.29, 1.82) is 0 Å². The molecule has 0 fully saturated rings. The molecule has 1 heterocycles. The lowest BCUT2D eigenvalue weighted by Gasteiger charge is -2.19. The van der Waals surface area contributed by atoms with Crippen LogP contribution in [0.5, 0.6) is 0 Å². The van der Waals surface area contributed by atoms with Crippen molar-refractivity contribution in [1.82, 2.24) is 0 Å². The molecule has 0 bridgehead atoms. The standard InChI is InChI=1S/C13H15FN2O/c1-16(8-10-2-3-17-9-10)13-5-11(7-15)4-12(14)6-13/h2-6,9H,7-8,15H2,1H3. The maximum atomic E-state index is 13.4. The van der Waals surface area contributed by atoms with Gasteiger partial charge in [0.15, 0.2) is 0 Å². The maximum Gasteiger partial charge on any atom is 0.125 e. The average molecular weight is 234 g/mol. The van der Waals surface area contributed by atoms with Crippen molar-refractivity contribution >= 4 is 5.69 Å². The molecule has 0 amide bonds. The molecule has 0 atom stereocenters. The lowest BCUT2D eigenvalue weighted by Crippen LogP contribution is -2.16. The van der Waals surface area contributed by atoms with Gasteiger partial charge in [-0.1, -0.05) is 0 Å². The molecular formula is C13H15FN2O. The van der Waals surface area contributed by atoms with Crippen molar-refractivity contribution in [2.45, 2.75) is 13.1 Å². The molecule has 1 aromatic carbocycles. The molecule has 0 unspecified atom stereocenters. The fourth-order valence-electron chi connectivity index (χ4n) is 1.72. The molecule has 17 heavy (non-hydrogen) atoms. The van der Waals surface area contributed by atoms with Crippen molar-refractivity contribution in [3.63, 3.8) is 0 Å². The number of hydrogen-bond donors (Lipinski definition) is 1. The summed E-state index contributed by atoms with van der Waals surface area (Å²) in [5.74, 6) is -0.262. The van der Waals surface area contributed by atoms with Gasteiger partial charge in [-0.25, -0.2) is 4.39 Å². The molecule has 0 spiro atoms. The molecule has 0 aliphatic heterocycles. The highest BCUT2D eigenvalue weighted by atomic mass is 19.1. The second-order valence-corrected chi connectivity index (χ2v) is 4.01. The number of anilines is 1. The zero-order valence-corrected chi connectivity index (χ0v) is 9.69. The lowest BCUT2D eigenvalue weighted by molar-refractivity contribution is 0.563. The van der Waals surface area contributed by atoms with Gasteiger partial charge in [0.2, 0.25) is 0 Å². The van der Waals surface area contributed by atoms with Gasteiger partial charge in [-0.15, -0.1) is 0 Å². The Morgan fingerprint density at radius 2 is 2.12 bits per heavy atom. The van der Waals surface area contributed by atoms with Crippen LogP contribution in [0.25, 0.3) is 0 Å². The van der Waals surface area contributed by atoms with Crippen LogP contribution in [0.1, 0.15) is 11.1 Å². The molecule has 1 aromatic heterocycles. The number of rotatable bonds is 4. The lowest BCUT2D eigenvalue weighted by atomic mass is 10.1. The third-order valence-corrected chi connectivity index (χ3v) is 2.62. The Hall–Kier alpha value is -1.81. The van der Waals surface area contributed by atoms with E-state index in [1.54, 1.807) is 12.5 Å². The highest BCUT2D eigenvalue weighted by Gasteiger charge is 2.06. The summed E-state index contributed by atoms with van der Waals surface area (Å²) in [6.45, 7) is 1.01. The van der Waals surface area contributed by atoms with E-state index in [0.29, 0.717) is 13.1 Å². The van der Waals surface area contributed by atoms with Crippen LogP contribution in [0.4, 0.5) is 10.1 Å². The first-order valence-corrected chi connectivity index (χ1v) is 5.41. The summed E-state index contributed by atoms with van der Waals surface area (Å²) in [7, 11) is 1.90. The molecule has 0 radical (unpaired) electrons. The van der Waals surface area contributed by atoms with Crippen molar-refractivity contribution in [3.05, 3.63) is 53.7 Å². The van der Waals surface area contributed by atoms with Crippen LogP contribution in [0.3, 0.4) is 0 Å². The largest absolute Gasteiger partial charge is 0.472 e. The highest BCUT2D eigenvalue weighted by Crippen LogP contribution is 2.19. The fourth-order valence-corrected chi connectivity index (χ4v) is 1.72. The maximum absolute atomic E-state index is 13.4. The summed E-state index contributed by atoms with van der Waals surface area (Å²) in [5.41, 5.74) is 8.17. The predicted octanol–water partition coefficient (Wildman–Crippen LogP) is 2.51. The zero-order valence-electron chi connectivity index (χ0n) is 9.69. The van der Waals surface area contributed by atoms with E-state index in [-0.39, 0.29) is 5.82 Å². The van der Waals surface area contributed by atoms with Crippen LogP contribution >= 0.6 is 0 Å². The number of hydrogen-bond acceptors (Lipinski definition) is 3. The quantitative estimate of drug-likeness (QED) is 0.883. The van der Waals surface area contributed by atoms with Crippen molar-refractivity contribution < 1.29 is 8.81 Å². The summed E-state index contributed by atoms with van der Waals surface area (Å²) >= 11 is 0. The molecule has 2 aromatic rings. The van der Waals surface area contributed by atoms with Gasteiger partial charge in [0.1, 0.15) is 5.82 Å². The van der Waals surface area contributed by atoms with E-state index in [1.807, 2.05) is 24.1 Å². The second kappa shape index (κ2) is 5.01. The van der Waals surface area contributed by atoms with E-state index in [4.69, 9.17) is 10.2 Å². The minimum Gasteiger partial charge on any atom is -0.472 e. The van der Waals surface area contributed by atoms with E-state index in [9.17, 15) is 4.39 Å². The average Bonchev–Trinajstić information content (AvgIpc) is 2.81. The molecule has 0 aliphatic rings. The van der Waals surface area contributed by atoms with Crippen LogP contribution < -0.4 is 10.6 Å². The molecule has 90 valence electrons. The third-order valence-electron chi connectivity index (χ3n) is 2.62. The molecule has 0 saturated heterocycles. The first-order chi connectivity index (χ1) is 8.19. The minimum atomic E-state index is -0.262. The molecule has 3 nitrogen and oxygen atoms in total. The first-order valence-electron chi connectivity index (χ1n) is 5.41. The third kappa shape index (κ3) is 2.85. The van der Waals surface area contributed by atoms with Gasteiger partial charge in [-0.3, -0.25) is 0 Å². The first kappa shape index (κ1) is 11.7. The Bertz CT molecular complexity index is 482. The van der Waals surface area contributed by atoms with Crippen LogP contribution in [0.2, 0.25) is 0 Å². The van der Waals surface area contributed by atoms with Crippen LogP contribution in [-0.4, -0.2) is 7.05 Å². The Morgan fingerprint density at radius 1 is 1.29 bits per heavy atom. The smallest absolute Gasteiger partial charge is 0.125 e.